The first kappa shape index (κ1) is 31.9. The fraction of sp³-hybridized carbons (Fsp3) is 1.00. The molecule has 0 heterocycles. The molecule has 0 N–H and O–H groups in total. The van der Waals surface area contributed by atoms with Crippen LogP contribution in [0.3, 0.4) is 0 Å². The molecular formula is C14H38O6. The van der Waals surface area contributed by atoms with Crippen molar-refractivity contribution in [2.75, 3.05) is 54.9 Å². The van der Waals surface area contributed by atoms with Crippen molar-refractivity contribution in [3.8, 4) is 0 Å². The van der Waals surface area contributed by atoms with E-state index in [1.165, 1.54) is 14.2 Å². The molecule has 6 heteroatoms. The molecule has 0 radical (unpaired) electrons. The van der Waals surface area contributed by atoms with Crippen molar-refractivity contribution in [1.29, 1.82) is 0 Å². The van der Waals surface area contributed by atoms with Crippen LogP contribution in [0, 0.1) is 0 Å². The number of hydrogen-bond acceptors (Lipinski definition) is 6. The maximum atomic E-state index is 5.42. The van der Waals surface area contributed by atoms with E-state index in [1.807, 2.05) is 0 Å². The summed E-state index contributed by atoms with van der Waals surface area (Å²) in [4.78, 5) is 0. The van der Waals surface area contributed by atoms with Crippen molar-refractivity contribution in [3.63, 3.8) is 0 Å². The van der Waals surface area contributed by atoms with Crippen molar-refractivity contribution < 1.29 is 28.4 Å². The fourth-order valence-electron chi connectivity index (χ4n) is 1.02. The highest BCUT2D eigenvalue weighted by molar-refractivity contribution is 4.50. The van der Waals surface area contributed by atoms with Gasteiger partial charge in [-0.05, 0) is 0 Å². The second-order valence-corrected chi connectivity index (χ2v) is 2.94. The summed E-state index contributed by atoms with van der Waals surface area (Å²) >= 11 is 0. The highest BCUT2D eigenvalue weighted by atomic mass is 16.8. The third kappa shape index (κ3) is 15.8. The van der Waals surface area contributed by atoms with Gasteiger partial charge in [-0.1, -0.05) is 29.7 Å². The maximum absolute atomic E-state index is 5.42. The molecule has 20 heavy (non-hydrogen) atoms. The summed E-state index contributed by atoms with van der Waals surface area (Å²) in [6.45, 7) is 1.81. The lowest BCUT2D eigenvalue weighted by atomic mass is 10.5. The molecule has 0 unspecified atom stereocenters. The number of ether oxygens (including phenoxy) is 6. The number of methoxy groups -OCH3 is 4. The van der Waals surface area contributed by atoms with Gasteiger partial charge in [-0.2, -0.15) is 0 Å². The molecule has 6 nitrogen and oxygen atoms in total. The Morgan fingerprint density at radius 2 is 0.900 bits per heavy atom. The summed E-state index contributed by atoms with van der Waals surface area (Å²) < 4.78 is 30.7. The predicted octanol–water partition coefficient (Wildman–Crippen LogP) is 2.80. The van der Waals surface area contributed by atoms with Crippen LogP contribution >= 0.6 is 0 Å². The van der Waals surface area contributed by atoms with Gasteiger partial charge < -0.3 is 28.4 Å². The van der Waals surface area contributed by atoms with Crippen LogP contribution in [0.25, 0.3) is 0 Å². The summed E-state index contributed by atoms with van der Waals surface area (Å²) in [6, 6.07) is 0. The Kier molecular flexibility index (Phi) is 38.0. The highest BCUT2D eigenvalue weighted by Crippen LogP contribution is 2.06. The quantitative estimate of drug-likeness (QED) is 0.432. The molecule has 0 saturated heterocycles. The molecule has 0 aliphatic heterocycles. The van der Waals surface area contributed by atoms with Gasteiger partial charge in [0.1, 0.15) is 0 Å². The largest absolute Gasteiger partial charge is 0.382 e. The van der Waals surface area contributed by atoms with Crippen LogP contribution in [-0.4, -0.2) is 67.4 Å². The lowest BCUT2D eigenvalue weighted by molar-refractivity contribution is -0.274. The molecule has 0 aliphatic carbocycles. The van der Waals surface area contributed by atoms with Gasteiger partial charge in [0, 0.05) is 28.4 Å². The molecular weight excluding hydrogens is 264 g/mol. The van der Waals surface area contributed by atoms with E-state index in [0.29, 0.717) is 26.4 Å². The van der Waals surface area contributed by atoms with Crippen LogP contribution in [0.2, 0.25) is 0 Å². The summed E-state index contributed by atoms with van der Waals surface area (Å²) in [6.07, 6.45) is -1.14. The molecule has 0 fully saturated rings. The summed E-state index contributed by atoms with van der Waals surface area (Å²) in [5.74, 6) is 0. The van der Waals surface area contributed by atoms with Gasteiger partial charge in [0.25, 0.3) is 0 Å². The van der Waals surface area contributed by atoms with E-state index >= 15 is 0 Å². The average Bonchev–Trinajstić information content (AvgIpc) is 2.30. The van der Waals surface area contributed by atoms with E-state index < -0.39 is 12.6 Å². The van der Waals surface area contributed by atoms with Gasteiger partial charge in [0.15, 0.2) is 0 Å². The molecule has 0 aromatic heterocycles. The van der Waals surface area contributed by atoms with Crippen molar-refractivity contribution >= 4 is 0 Å². The zero-order valence-electron chi connectivity index (χ0n) is 10.4. The molecule has 0 saturated carbocycles. The third-order valence-corrected chi connectivity index (χ3v) is 1.83. The summed E-state index contributed by atoms with van der Waals surface area (Å²) in [5, 5.41) is 0. The Morgan fingerprint density at radius 1 is 0.550 bits per heavy atom. The van der Waals surface area contributed by atoms with Gasteiger partial charge >= 0.3 is 0 Å². The lowest BCUT2D eigenvalue weighted by Gasteiger charge is -2.24. The Bertz CT molecular complexity index is 132. The van der Waals surface area contributed by atoms with E-state index in [-0.39, 0.29) is 29.7 Å². The van der Waals surface area contributed by atoms with Gasteiger partial charge in [-0.15, -0.1) is 0 Å². The minimum atomic E-state index is -0.583. The van der Waals surface area contributed by atoms with Gasteiger partial charge in [0.2, 0.25) is 12.6 Å². The minimum absolute atomic E-state index is 0. The smallest absolute Gasteiger partial charge is 0.209 e. The summed E-state index contributed by atoms with van der Waals surface area (Å²) in [7, 11) is 6.27. The Hall–Kier alpha value is -0.240. The fourth-order valence-corrected chi connectivity index (χ4v) is 1.02. The van der Waals surface area contributed by atoms with Gasteiger partial charge in [-0.25, -0.2) is 0 Å². The molecule has 0 bridgehead atoms. The first-order valence-electron chi connectivity index (χ1n) is 5.06. The number of hydrogen-bond donors (Lipinski definition) is 0. The Morgan fingerprint density at radius 3 is 1.15 bits per heavy atom. The monoisotopic (exact) mass is 302 g/mol. The van der Waals surface area contributed by atoms with Crippen LogP contribution in [0.1, 0.15) is 29.7 Å². The topological polar surface area (TPSA) is 55.4 Å². The SMILES string of the molecule is C.C.C.C.COCCOC(OCCOC)C(OC)OC. The maximum Gasteiger partial charge on any atom is 0.209 e. The Balaban J connectivity index is -0.000000187. The second kappa shape index (κ2) is 23.8. The molecule has 130 valence electrons. The van der Waals surface area contributed by atoms with E-state index in [0.717, 1.165) is 0 Å². The van der Waals surface area contributed by atoms with Gasteiger partial charge in [-0.3, -0.25) is 0 Å². The first-order valence-corrected chi connectivity index (χ1v) is 5.06. The third-order valence-electron chi connectivity index (χ3n) is 1.83. The molecule has 0 aromatic carbocycles. The Labute approximate surface area is 126 Å². The van der Waals surface area contributed by atoms with Crippen LogP contribution in [0.15, 0.2) is 0 Å². The predicted molar refractivity (Wildman–Crippen MR) is 84.2 cm³/mol. The molecule has 0 aliphatic rings. The van der Waals surface area contributed by atoms with E-state index in [4.69, 9.17) is 28.4 Å². The number of rotatable bonds is 11. The van der Waals surface area contributed by atoms with Crippen molar-refractivity contribution in [3.05, 3.63) is 0 Å². The van der Waals surface area contributed by atoms with Gasteiger partial charge in [0.05, 0.1) is 26.4 Å². The molecule has 0 rings (SSSR count). The minimum Gasteiger partial charge on any atom is -0.382 e. The highest BCUT2D eigenvalue weighted by Gasteiger charge is 2.22. The molecule has 0 atom stereocenters. The normalized spacial score (nSPS) is 9.30. The molecule has 0 aromatic rings. The van der Waals surface area contributed by atoms with Crippen molar-refractivity contribution in [2.45, 2.75) is 42.3 Å². The van der Waals surface area contributed by atoms with E-state index in [2.05, 4.69) is 0 Å². The molecule has 0 amide bonds. The lowest BCUT2D eigenvalue weighted by Crippen LogP contribution is -2.36. The van der Waals surface area contributed by atoms with E-state index in [1.54, 1.807) is 14.2 Å². The van der Waals surface area contributed by atoms with Crippen LogP contribution in [0.4, 0.5) is 0 Å². The van der Waals surface area contributed by atoms with E-state index in [9.17, 15) is 0 Å². The standard InChI is InChI=1S/C10H22O6.4CH4/c1-11-5-7-15-10(9(13-3)14-4)16-8-6-12-2;;;;/h9-10H,5-8H2,1-4H3;4*1H4. The molecule has 0 spiro atoms. The van der Waals surface area contributed by atoms with Crippen molar-refractivity contribution in [1.82, 2.24) is 0 Å². The summed E-state index contributed by atoms with van der Waals surface area (Å²) in [5.41, 5.74) is 0. The van der Waals surface area contributed by atoms with Crippen LogP contribution in [-0.2, 0) is 28.4 Å². The van der Waals surface area contributed by atoms with Crippen LogP contribution in [0.5, 0.6) is 0 Å². The van der Waals surface area contributed by atoms with Crippen LogP contribution < -0.4 is 0 Å². The first-order chi connectivity index (χ1) is 7.79. The average molecular weight is 302 g/mol. The zero-order valence-corrected chi connectivity index (χ0v) is 10.4. The van der Waals surface area contributed by atoms with Crippen molar-refractivity contribution in [2.24, 2.45) is 0 Å². The zero-order chi connectivity index (χ0) is 12.2. The second-order valence-electron chi connectivity index (χ2n) is 2.94.